The van der Waals surface area contributed by atoms with Crippen molar-refractivity contribution in [2.75, 3.05) is 6.54 Å². The number of hydrogen-bond acceptors (Lipinski definition) is 2. The second kappa shape index (κ2) is 6.08. The van der Waals surface area contributed by atoms with Crippen LogP contribution in [0.4, 0.5) is 0 Å². The van der Waals surface area contributed by atoms with E-state index >= 15 is 0 Å². The minimum absolute atomic E-state index is 0.150. The van der Waals surface area contributed by atoms with Crippen LogP contribution in [0.25, 0.3) is 0 Å². The molecule has 1 N–H and O–H groups in total. The summed E-state index contributed by atoms with van der Waals surface area (Å²) in [5.74, 6) is 0.567. The van der Waals surface area contributed by atoms with E-state index in [2.05, 4.69) is 65.4 Å². The molecule has 0 fully saturated rings. The Balaban J connectivity index is 3.00. The van der Waals surface area contributed by atoms with Crippen LogP contribution in [0.5, 0.6) is 0 Å². The molecular weight excluding hydrogens is 234 g/mol. The fraction of sp³-hybridized carbons (Fsp3) is 0.812. The Bertz CT molecular complexity index is 410. The van der Waals surface area contributed by atoms with Gasteiger partial charge in [0.25, 0.3) is 0 Å². The molecule has 19 heavy (non-hydrogen) atoms. The summed E-state index contributed by atoms with van der Waals surface area (Å²) >= 11 is 0. The van der Waals surface area contributed by atoms with Gasteiger partial charge in [-0.2, -0.15) is 5.10 Å². The first-order chi connectivity index (χ1) is 8.67. The summed E-state index contributed by atoms with van der Waals surface area (Å²) < 4.78 is 2.23. The Morgan fingerprint density at radius 2 is 1.79 bits per heavy atom. The lowest BCUT2D eigenvalue weighted by atomic mass is 10.0. The standard InChI is InChI=1S/C16H31N3/c1-9-14-12(4)18-19(13(14)5)15(11(2)3)10-17-16(6,7)8/h11,15,17H,9-10H2,1-8H3. The smallest absolute Gasteiger partial charge is 0.0669 e. The number of aromatic nitrogens is 2. The van der Waals surface area contributed by atoms with E-state index < -0.39 is 0 Å². The summed E-state index contributed by atoms with van der Waals surface area (Å²) in [6.45, 7) is 18.7. The van der Waals surface area contributed by atoms with Gasteiger partial charge in [-0.15, -0.1) is 0 Å². The highest BCUT2D eigenvalue weighted by atomic mass is 15.3. The van der Waals surface area contributed by atoms with Gasteiger partial charge < -0.3 is 5.32 Å². The van der Waals surface area contributed by atoms with Crippen molar-refractivity contribution in [1.82, 2.24) is 15.1 Å². The van der Waals surface area contributed by atoms with Crippen LogP contribution in [0.15, 0.2) is 0 Å². The molecule has 0 saturated carbocycles. The molecule has 1 aromatic rings. The topological polar surface area (TPSA) is 29.9 Å². The van der Waals surface area contributed by atoms with E-state index in [4.69, 9.17) is 5.10 Å². The molecule has 1 atom stereocenters. The van der Waals surface area contributed by atoms with Gasteiger partial charge in [-0.1, -0.05) is 20.8 Å². The van der Waals surface area contributed by atoms with Crippen molar-refractivity contribution in [2.45, 2.75) is 73.4 Å². The lowest BCUT2D eigenvalue weighted by molar-refractivity contribution is 0.289. The Labute approximate surface area is 118 Å². The first-order valence-corrected chi connectivity index (χ1v) is 7.47. The van der Waals surface area contributed by atoms with Crippen LogP contribution in [0.1, 0.15) is 64.5 Å². The molecule has 0 aliphatic heterocycles. The predicted octanol–water partition coefficient (Wildman–Crippen LogP) is 3.65. The number of nitrogens with zero attached hydrogens (tertiary/aromatic N) is 2. The van der Waals surface area contributed by atoms with Crippen molar-refractivity contribution in [2.24, 2.45) is 5.92 Å². The number of nitrogens with one attached hydrogen (secondary N) is 1. The molecule has 1 rings (SSSR count). The van der Waals surface area contributed by atoms with Crippen LogP contribution in [-0.4, -0.2) is 21.9 Å². The van der Waals surface area contributed by atoms with Crippen molar-refractivity contribution in [3.05, 3.63) is 17.0 Å². The zero-order chi connectivity index (χ0) is 14.8. The Morgan fingerprint density at radius 1 is 1.21 bits per heavy atom. The molecule has 110 valence electrons. The van der Waals surface area contributed by atoms with E-state index in [-0.39, 0.29) is 5.54 Å². The molecule has 0 aliphatic rings. The van der Waals surface area contributed by atoms with Crippen LogP contribution in [0.2, 0.25) is 0 Å². The van der Waals surface area contributed by atoms with Gasteiger partial charge in [0, 0.05) is 17.8 Å². The Morgan fingerprint density at radius 3 is 2.16 bits per heavy atom. The lowest BCUT2D eigenvalue weighted by Crippen LogP contribution is -2.41. The molecule has 0 radical (unpaired) electrons. The second-order valence-electron chi connectivity index (χ2n) is 6.89. The minimum Gasteiger partial charge on any atom is -0.310 e. The van der Waals surface area contributed by atoms with Crippen LogP contribution in [-0.2, 0) is 6.42 Å². The third-order valence-electron chi connectivity index (χ3n) is 3.75. The summed E-state index contributed by atoms with van der Waals surface area (Å²) in [5.41, 5.74) is 4.06. The maximum absolute atomic E-state index is 4.78. The fourth-order valence-corrected chi connectivity index (χ4v) is 2.55. The molecule has 0 saturated heterocycles. The monoisotopic (exact) mass is 265 g/mol. The zero-order valence-corrected chi connectivity index (χ0v) is 14.0. The molecule has 3 heteroatoms. The molecule has 0 amide bonds. The van der Waals surface area contributed by atoms with E-state index in [9.17, 15) is 0 Å². The van der Waals surface area contributed by atoms with Crippen molar-refractivity contribution >= 4 is 0 Å². The molecular formula is C16H31N3. The van der Waals surface area contributed by atoms with Gasteiger partial charge >= 0.3 is 0 Å². The third kappa shape index (κ3) is 4.07. The van der Waals surface area contributed by atoms with Crippen molar-refractivity contribution in [1.29, 1.82) is 0 Å². The molecule has 0 bridgehead atoms. The maximum atomic E-state index is 4.78. The first-order valence-electron chi connectivity index (χ1n) is 7.47. The van der Waals surface area contributed by atoms with Crippen molar-refractivity contribution in [3.63, 3.8) is 0 Å². The van der Waals surface area contributed by atoms with Gasteiger partial charge in [-0.25, -0.2) is 0 Å². The van der Waals surface area contributed by atoms with Crippen molar-refractivity contribution in [3.8, 4) is 0 Å². The summed E-state index contributed by atoms with van der Waals surface area (Å²) in [6, 6.07) is 0.415. The van der Waals surface area contributed by atoms with E-state index in [1.807, 2.05) is 0 Å². The summed E-state index contributed by atoms with van der Waals surface area (Å²) in [7, 11) is 0. The Hall–Kier alpha value is -0.830. The van der Waals surface area contributed by atoms with E-state index in [1.54, 1.807) is 0 Å². The van der Waals surface area contributed by atoms with Gasteiger partial charge in [-0.05, 0) is 52.5 Å². The average Bonchev–Trinajstić information content (AvgIpc) is 2.52. The zero-order valence-electron chi connectivity index (χ0n) is 14.0. The van der Waals surface area contributed by atoms with Gasteiger partial charge in [0.05, 0.1) is 11.7 Å². The highest BCUT2D eigenvalue weighted by Gasteiger charge is 2.22. The highest BCUT2D eigenvalue weighted by molar-refractivity contribution is 5.24. The average molecular weight is 265 g/mol. The number of rotatable bonds is 5. The lowest BCUT2D eigenvalue weighted by Gasteiger charge is -2.28. The molecule has 3 nitrogen and oxygen atoms in total. The molecule has 1 aromatic heterocycles. The van der Waals surface area contributed by atoms with Crippen LogP contribution in [0, 0.1) is 19.8 Å². The molecule has 0 aromatic carbocycles. The summed E-state index contributed by atoms with van der Waals surface area (Å²) in [5, 5.41) is 8.39. The normalized spacial score (nSPS) is 14.2. The van der Waals surface area contributed by atoms with Gasteiger partial charge in [0.1, 0.15) is 0 Å². The predicted molar refractivity (Wildman–Crippen MR) is 82.7 cm³/mol. The first kappa shape index (κ1) is 16.2. The molecule has 1 unspecified atom stereocenters. The van der Waals surface area contributed by atoms with E-state index in [0.29, 0.717) is 12.0 Å². The van der Waals surface area contributed by atoms with Gasteiger partial charge in [0.2, 0.25) is 0 Å². The fourth-order valence-electron chi connectivity index (χ4n) is 2.55. The van der Waals surface area contributed by atoms with Crippen LogP contribution in [0.3, 0.4) is 0 Å². The quantitative estimate of drug-likeness (QED) is 0.880. The SMILES string of the molecule is CCc1c(C)nn(C(CNC(C)(C)C)C(C)C)c1C. The summed E-state index contributed by atoms with van der Waals surface area (Å²) in [6.07, 6.45) is 1.06. The number of hydrogen-bond donors (Lipinski definition) is 1. The largest absolute Gasteiger partial charge is 0.310 e. The second-order valence-corrected chi connectivity index (χ2v) is 6.89. The minimum atomic E-state index is 0.150. The van der Waals surface area contributed by atoms with Crippen LogP contribution < -0.4 is 5.32 Å². The highest BCUT2D eigenvalue weighted by Crippen LogP contribution is 2.23. The molecule has 0 aliphatic carbocycles. The molecule has 1 heterocycles. The van der Waals surface area contributed by atoms with Gasteiger partial charge in [-0.3, -0.25) is 4.68 Å². The maximum Gasteiger partial charge on any atom is 0.0669 e. The molecule has 0 spiro atoms. The van der Waals surface area contributed by atoms with E-state index in [0.717, 1.165) is 13.0 Å². The van der Waals surface area contributed by atoms with Crippen LogP contribution >= 0.6 is 0 Å². The Kier molecular flexibility index (Phi) is 5.19. The van der Waals surface area contributed by atoms with E-state index in [1.165, 1.54) is 17.0 Å². The third-order valence-corrected chi connectivity index (χ3v) is 3.75. The number of aryl methyl sites for hydroxylation is 1. The van der Waals surface area contributed by atoms with Gasteiger partial charge in [0.15, 0.2) is 0 Å². The van der Waals surface area contributed by atoms with Crippen molar-refractivity contribution < 1.29 is 0 Å². The summed E-state index contributed by atoms with van der Waals surface area (Å²) in [4.78, 5) is 0.